The summed E-state index contributed by atoms with van der Waals surface area (Å²) in [5.74, 6) is -0.417. The summed E-state index contributed by atoms with van der Waals surface area (Å²) >= 11 is 1.65. The summed E-state index contributed by atoms with van der Waals surface area (Å²) in [6, 6.07) is -0.729. The minimum atomic E-state index is -0.917. The molecule has 1 saturated heterocycles. The average Bonchev–Trinajstić information content (AvgIpc) is 2.15. The maximum absolute atomic E-state index is 10.4. The molecule has 1 heterocycles. The highest BCUT2D eigenvalue weighted by Gasteiger charge is 2.18. The first kappa shape index (κ1) is 10.8. The number of aliphatic carboxylic acids is 1. The second-order valence-electron chi connectivity index (χ2n) is 3.09. The Kier molecular flexibility index (Phi) is 4.55. The molecule has 0 unspecified atom stereocenters. The van der Waals surface area contributed by atoms with Crippen LogP contribution in [0.15, 0.2) is 0 Å². The molecule has 1 aliphatic heterocycles. The van der Waals surface area contributed by atoms with Gasteiger partial charge in [0.05, 0.1) is 0 Å². The molecule has 0 bridgehead atoms. The van der Waals surface area contributed by atoms with Crippen LogP contribution in [-0.2, 0) is 9.53 Å². The molecule has 0 aromatic rings. The molecule has 0 spiro atoms. The molecule has 4 nitrogen and oxygen atoms in total. The molecule has 5 heteroatoms. The maximum Gasteiger partial charge on any atom is 0.321 e. The molecule has 1 rings (SSSR count). The van der Waals surface area contributed by atoms with E-state index in [0.29, 0.717) is 11.0 Å². The lowest BCUT2D eigenvalue weighted by molar-refractivity contribution is -0.137. The number of carboxylic acids is 1. The molecule has 0 aromatic carbocycles. The monoisotopic (exact) mass is 205 g/mol. The van der Waals surface area contributed by atoms with E-state index in [1.165, 1.54) is 0 Å². The van der Waals surface area contributed by atoms with Crippen LogP contribution in [0.25, 0.3) is 0 Å². The van der Waals surface area contributed by atoms with Gasteiger partial charge in [0, 0.05) is 24.2 Å². The van der Waals surface area contributed by atoms with Gasteiger partial charge in [-0.2, -0.15) is 11.8 Å². The Morgan fingerprint density at radius 3 is 2.77 bits per heavy atom. The van der Waals surface area contributed by atoms with Crippen LogP contribution in [0.4, 0.5) is 0 Å². The summed E-state index contributed by atoms with van der Waals surface area (Å²) in [6.07, 6.45) is 2.02. The minimum Gasteiger partial charge on any atom is -0.480 e. The lowest BCUT2D eigenvalue weighted by atomic mass is 10.2. The molecule has 0 aliphatic carbocycles. The van der Waals surface area contributed by atoms with E-state index in [9.17, 15) is 4.79 Å². The first-order chi connectivity index (χ1) is 6.20. The van der Waals surface area contributed by atoms with Gasteiger partial charge in [-0.3, -0.25) is 4.79 Å². The largest absolute Gasteiger partial charge is 0.480 e. The third-order valence-electron chi connectivity index (χ3n) is 2.00. The Morgan fingerprint density at radius 1 is 1.62 bits per heavy atom. The van der Waals surface area contributed by atoms with Gasteiger partial charge in [0.2, 0.25) is 0 Å². The summed E-state index contributed by atoms with van der Waals surface area (Å²) in [5.41, 5.74) is 5.38. The van der Waals surface area contributed by atoms with Crippen molar-refractivity contribution in [2.45, 2.75) is 24.1 Å². The Labute approximate surface area is 81.8 Å². The zero-order valence-corrected chi connectivity index (χ0v) is 8.26. The number of hydrogen-bond acceptors (Lipinski definition) is 4. The van der Waals surface area contributed by atoms with Crippen LogP contribution < -0.4 is 5.73 Å². The number of hydrogen-bond donors (Lipinski definition) is 2. The van der Waals surface area contributed by atoms with E-state index in [0.717, 1.165) is 26.1 Å². The molecule has 0 saturated carbocycles. The van der Waals surface area contributed by atoms with Crippen LogP contribution in [-0.4, -0.2) is 41.3 Å². The van der Waals surface area contributed by atoms with Gasteiger partial charge in [0.25, 0.3) is 0 Å². The van der Waals surface area contributed by atoms with Crippen LogP contribution in [0, 0.1) is 0 Å². The second-order valence-corrected chi connectivity index (χ2v) is 4.42. The van der Waals surface area contributed by atoms with E-state index >= 15 is 0 Å². The summed E-state index contributed by atoms with van der Waals surface area (Å²) in [6.45, 7) is 1.58. The predicted octanol–water partition coefficient (Wildman–Crippen LogP) is 0.310. The Bertz CT molecular complexity index is 171. The van der Waals surface area contributed by atoms with Crippen molar-refractivity contribution < 1.29 is 14.6 Å². The second kappa shape index (κ2) is 5.47. The topological polar surface area (TPSA) is 72.5 Å². The molecule has 3 N–H and O–H groups in total. The first-order valence-corrected chi connectivity index (χ1v) is 5.42. The molecule has 13 heavy (non-hydrogen) atoms. The van der Waals surface area contributed by atoms with Crippen molar-refractivity contribution in [3.63, 3.8) is 0 Å². The van der Waals surface area contributed by atoms with Gasteiger partial charge < -0.3 is 15.6 Å². The van der Waals surface area contributed by atoms with Gasteiger partial charge in [0.1, 0.15) is 6.04 Å². The lowest BCUT2D eigenvalue weighted by Crippen LogP contribution is -2.33. The van der Waals surface area contributed by atoms with Crippen molar-refractivity contribution in [1.82, 2.24) is 0 Å². The maximum atomic E-state index is 10.4. The highest BCUT2D eigenvalue weighted by Crippen LogP contribution is 2.22. The third kappa shape index (κ3) is 3.97. The molecule has 0 aromatic heterocycles. The van der Waals surface area contributed by atoms with Crippen molar-refractivity contribution in [2.24, 2.45) is 5.73 Å². The summed E-state index contributed by atoms with van der Waals surface area (Å²) in [4.78, 5) is 10.4. The molecule has 1 aliphatic rings. The Balaban J connectivity index is 2.13. The molecular weight excluding hydrogens is 190 g/mol. The van der Waals surface area contributed by atoms with Gasteiger partial charge in [-0.05, 0) is 12.8 Å². The van der Waals surface area contributed by atoms with Crippen LogP contribution in [0.2, 0.25) is 0 Å². The molecule has 1 atom stereocenters. The fourth-order valence-corrected chi connectivity index (χ4v) is 2.30. The van der Waals surface area contributed by atoms with Gasteiger partial charge in [-0.1, -0.05) is 0 Å². The predicted molar refractivity (Wildman–Crippen MR) is 51.9 cm³/mol. The van der Waals surface area contributed by atoms with Crippen molar-refractivity contribution in [3.05, 3.63) is 0 Å². The van der Waals surface area contributed by atoms with Gasteiger partial charge in [0.15, 0.2) is 0 Å². The normalized spacial score (nSPS) is 21.3. The van der Waals surface area contributed by atoms with Crippen molar-refractivity contribution >= 4 is 17.7 Å². The van der Waals surface area contributed by atoms with Gasteiger partial charge >= 0.3 is 5.97 Å². The minimum absolute atomic E-state index is 0.500. The Hall–Kier alpha value is -0.260. The van der Waals surface area contributed by atoms with Crippen LogP contribution in [0.5, 0.6) is 0 Å². The number of nitrogens with two attached hydrogens (primary N) is 1. The molecule has 0 radical (unpaired) electrons. The third-order valence-corrected chi connectivity index (χ3v) is 3.49. The average molecular weight is 205 g/mol. The highest BCUT2D eigenvalue weighted by atomic mass is 32.2. The van der Waals surface area contributed by atoms with E-state index in [1.54, 1.807) is 11.8 Å². The summed E-state index contributed by atoms with van der Waals surface area (Å²) in [5, 5.41) is 9.08. The zero-order chi connectivity index (χ0) is 9.68. The molecule has 1 fully saturated rings. The van der Waals surface area contributed by atoms with Crippen LogP contribution in [0.1, 0.15) is 12.8 Å². The van der Waals surface area contributed by atoms with E-state index in [-0.39, 0.29) is 0 Å². The highest BCUT2D eigenvalue weighted by molar-refractivity contribution is 7.99. The quantitative estimate of drug-likeness (QED) is 0.691. The summed E-state index contributed by atoms with van der Waals surface area (Å²) in [7, 11) is 0. The van der Waals surface area contributed by atoms with Crippen molar-refractivity contribution in [3.8, 4) is 0 Å². The van der Waals surface area contributed by atoms with E-state index < -0.39 is 12.0 Å². The fourth-order valence-electron chi connectivity index (χ4n) is 1.15. The van der Waals surface area contributed by atoms with Crippen molar-refractivity contribution in [1.29, 1.82) is 0 Å². The molecular formula is C8H15NO3S. The number of rotatable bonds is 4. The molecule has 0 amide bonds. The number of carboxylic acid groups (broad SMARTS) is 1. The Morgan fingerprint density at radius 2 is 2.23 bits per heavy atom. The van der Waals surface area contributed by atoms with Gasteiger partial charge in [-0.15, -0.1) is 0 Å². The summed E-state index contributed by atoms with van der Waals surface area (Å²) < 4.78 is 5.19. The smallest absolute Gasteiger partial charge is 0.321 e. The van der Waals surface area contributed by atoms with Gasteiger partial charge in [-0.25, -0.2) is 0 Å². The SMILES string of the molecule is N[C@H](CSC1CCOCC1)C(=O)O. The van der Waals surface area contributed by atoms with E-state index in [4.69, 9.17) is 15.6 Å². The first-order valence-electron chi connectivity index (χ1n) is 4.38. The zero-order valence-electron chi connectivity index (χ0n) is 7.44. The van der Waals surface area contributed by atoms with Crippen LogP contribution in [0.3, 0.4) is 0 Å². The fraction of sp³-hybridized carbons (Fsp3) is 0.875. The molecule has 76 valence electrons. The van der Waals surface area contributed by atoms with Crippen LogP contribution >= 0.6 is 11.8 Å². The standard InChI is InChI=1S/C8H15NO3S/c9-7(8(10)11)5-13-6-1-3-12-4-2-6/h6-7H,1-5,9H2,(H,10,11)/t7-/m1/s1. The number of ether oxygens (including phenoxy) is 1. The van der Waals surface area contributed by atoms with E-state index in [2.05, 4.69) is 0 Å². The number of thioether (sulfide) groups is 1. The van der Waals surface area contributed by atoms with Crippen molar-refractivity contribution in [2.75, 3.05) is 19.0 Å². The van der Waals surface area contributed by atoms with E-state index in [1.807, 2.05) is 0 Å². The lowest BCUT2D eigenvalue weighted by Gasteiger charge is -2.21. The number of carbonyl (C=O) groups is 1.